The van der Waals surface area contributed by atoms with Gasteiger partial charge < -0.3 is 32.7 Å². The van der Waals surface area contributed by atoms with Gasteiger partial charge in [0.1, 0.15) is 6.10 Å². The predicted molar refractivity (Wildman–Crippen MR) is 103 cm³/mol. The van der Waals surface area contributed by atoms with Crippen LogP contribution in [0.1, 0.15) is 34.1 Å². The Hall–Kier alpha value is -2.01. The average molecular weight is 468 g/mol. The van der Waals surface area contributed by atoms with E-state index in [4.69, 9.17) is 32.7 Å². The van der Waals surface area contributed by atoms with Gasteiger partial charge in [-0.05, 0) is 6.92 Å². The summed E-state index contributed by atoms with van der Waals surface area (Å²) in [6, 6.07) is 0. The molecule has 0 bridgehead atoms. The fourth-order valence-electron chi connectivity index (χ4n) is 3.34. The van der Waals surface area contributed by atoms with E-state index in [-0.39, 0.29) is 6.42 Å². The summed E-state index contributed by atoms with van der Waals surface area (Å²) >= 11 is 0. The van der Waals surface area contributed by atoms with Crippen LogP contribution in [-0.4, -0.2) is 81.4 Å². The minimum Gasteiger partial charge on any atom is -0.468 e. The molecule has 1 aliphatic heterocycles. The molecule has 1 saturated heterocycles. The van der Waals surface area contributed by atoms with Crippen molar-refractivity contribution in [1.29, 1.82) is 0 Å². The van der Waals surface area contributed by atoms with Gasteiger partial charge in [0.05, 0.1) is 13.2 Å². The number of hydrogen-bond acceptors (Lipinski definition) is 12. The van der Waals surface area contributed by atoms with Gasteiger partial charge in [0.25, 0.3) is 0 Å². The third-order valence-corrected chi connectivity index (χ3v) is 6.79. The summed E-state index contributed by atoms with van der Waals surface area (Å²) in [6.45, 7) is 4.95. The Labute approximate surface area is 180 Å². The SMILES string of the molecule is COC(=O)C(C[C@@H]1O[C@@H](C)[C@@H](OC(C)=O)[C@@H](OC(C)=O)[C@@H]1OC(C)=O)P(=O)(OC)OC. The molecule has 1 unspecified atom stereocenters. The van der Waals surface area contributed by atoms with Crippen molar-refractivity contribution in [1.82, 2.24) is 0 Å². The lowest BCUT2D eigenvalue weighted by Gasteiger charge is -2.44. The molecule has 31 heavy (non-hydrogen) atoms. The van der Waals surface area contributed by atoms with E-state index in [0.29, 0.717) is 0 Å². The molecule has 1 heterocycles. The molecule has 0 saturated carbocycles. The molecule has 0 radical (unpaired) electrons. The number of methoxy groups -OCH3 is 1. The second-order valence-electron chi connectivity index (χ2n) is 6.78. The molecule has 1 fully saturated rings. The van der Waals surface area contributed by atoms with E-state index in [1.165, 1.54) is 0 Å². The lowest BCUT2D eigenvalue weighted by Crippen LogP contribution is -2.61. The molecule has 0 N–H and O–H groups in total. The van der Waals surface area contributed by atoms with Gasteiger partial charge in [-0.25, -0.2) is 0 Å². The van der Waals surface area contributed by atoms with Gasteiger partial charge in [-0.2, -0.15) is 0 Å². The van der Waals surface area contributed by atoms with Crippen molar-refractivity contribution in [2.75, 3.05) is 21.3 Å². The molecule has 6 atom stereocenters. The molecule has 178 valence electrons. The number of carbonyl (C=O) groups is 4. The summed E-state index contributed by atoms with van der Waals surface area (Å²) in [5.74, 6) is -3.05. The molecule has 1 rings (SSSR count). The largest absolute Gasteiger partial charge is 0.468 e. The van der Waals surface area contributed by atoms with Crippen LogP contribution in [0.25, 0.3) is 0 Å². The maximum atomic E-state index is 12.9. The Morgan fingerprint density at radius 2 is 1.29 bits per heavy atom. The van der Waals surface area contributed by atoms with Crippen LogP contribution in [0.5, 0.6) is 0 Å². The number of esters is 4. The van der Waals surface area contributed by atoms with Crippen LogP contribution in [-0.2, 0) is 56.5 Å². The lowest BCUT2D eigenvalue weighted by atomic mass is 9.92. The zero-order chi connectivity index (χ0) is 23.9. The van der Waals surface area contributed by atoms with E-state index in [1.54, 1.807) is 6.92 Å². The highest BCUT2D eigenvalue weighted by Crippen LogP contribution is 2.54. The van der Waals surface area contributed by atoms with Crippen molar-refractivity contribution in [3.63, 3.8) is 0 Å². The predicted octanol–water partition coefficient (Wildman–Crippen LogP) is 0.986. The minimum absolute atomic E-state index is 0.335. The Morgan fingerprint density at radius 1 is 0.839 bits per heavy atom. The molecule has 0 spiro atoms. The first-order chi connectivity index (χ1) is 14.4. The van der Waals surface area contributed by atoms with E-state index >= 15 is 0 Å². The maximum Gasteiger partial charge on any atom is 0.344 e. The van der Waals surface area contributed by atoms with E-state index in [0.717, 1.165) is 42.1 Å². The number of rotatable bonds is 9. The highest BCUT2D eigenvalue weighted by atomic mass is 31.2. The highest BCUT2D eigenvalue weighted by Gasteiger charge is 2.53. The molecule has 0 aromatic heterocycles. The smallest absolute Gasteiger partial charge is 0.344 e. The standard InChI is InChI=1S/C18H29O12P/c1-9-15(28-10(2)19)17(30-12(4)21)16(29-11(3)20)13(27-9)8-14(18(22)24-5)31(23,25-6)26-7/h9,13-17H,8H2,1-7H3/t9-,13-,14?,15+,16+,17+/m0/s1. The van der Waals surface area contributed by atoms with Gasteiger partial charge in [0.15, 0.2) is 24.0 Å². The van der Waals surface area contributed by atoms with Crippen LogP contribution < -0.4 is 0 Å². The van der Waals surface area contributed by atoms with Crippen LogP contribution in [0.2, 0.25) is 0 Å². The van der Waals surface area contributed by atoms with Gasteiger partial charge >= 0.3 is 31.5 Å². The summed E-state index contributed by atoms with van der Waals surface area (Å²) in [4.78, 5) is 47.4. The highest BCUT2D eigenvalue weighted by molar-refractivity contribution is 7.55. The fraction of sp³-hybridized carbons (Fsp3) is 0.778. The first kappa shape index (κ1) is 27.0. The zero-order valence-corrected chi connectivity index (χ0v) is 19.4. The van der Waals surface area contributed by atoms with Gasteiger partial charge in [-0.3, -0.25) is 23.7 Å². The fourth-order valence-corrected chi connectivity index (χ4v) is 4.83. The monoisotopic (exact) mass is 468 g/mol. The first-order valence-corrected chi connectivity index (χ1v) is 11.0. The van der Waals surface area contributed by atoms with Crippen molar-refractivity contribution in [2.24, 2.45) is 0 Å². The quantitative estimate of drug-likeness (QED) is 0.270. The van der Waals surface area contributed by atoms with Crippen LogP contribution in [0.4, 0.5) is 0 Å². The van der Waals surface area contributed by atoms with Crippen molar-refractivity contribution >= 4 is 31.5 Å². The number of hydrogen-bond donors (Lipinski definition) is 0. The number of ether oxygens (including phenoxy) is 5. The lowest BCUT2D eigenvalue weighted by molar-refractivity contribution is -0.244. The number of carbonyl (C=O) groups excluding carboxylic acids is 4. The van der Waals surface area contributed by atoms with Gasteiger partial charge in [-0.1, -0.05) is 0 Å². The summed E-state index contributed by atoms with van der Waals surface area (Å²) in [5.41, 5.74) is -1.44. The Morgan fingerprint density at radius 3 is 1.71 bits per heavy atom. The summed E-state index contributed by atoms with van der Waals surface area (Å²) < 4.78 is 49.2. The summed E-state index contributed by atoms with van der Waals surface area (Å²) in [6.07, 6.45) is -5.93. The second-order valence-corrected chi connectivity index (χ2v) is 9.21. The second kappa shape index (κ2) is 11.6. The summed E-state index contributed by atoms with van der Waals surface area (Å²) in [5, 5.41) is 0. The summed E-state index contributed by atoms with van der Waals surface area (Å²) in [7, 11) is -0.682. The maximum absolute atomic E-state index is 12.9. The third kappa shape index (κ3) is 6.99. The van der Waals surface area contributed by atoms with Crippen molar-refractivity contribution in [3.05, 3.63) is 0 Å². The van der Waals surface area contributed by atoms with Crippen LogP contribution >= 0.6 is 7.60 Å². The van der Waals surface area contributed by atoms with Crippen molar-refractivity contribution in [3.8, 4) is 0 Å². The van der Waals surface area contributed by atoms with Gasteiger partial charge in [-0.15, -0.1) is 0 Å². The van der Waals surface area contributed by atoms with Crippen molar-refractivity contribution in [2.45, 2.75) is 70.3 Å². The van der Waals surface area contributed by atoms with Crippen LogP contribution in [0, 0.1) is 0 Å². The Balaban J connectivity index is 3.42. The Kier molecular flexibility index (Phi) is 10.1. The van der Waals surface area contributed by atoms with Gasteiger partial charge in [0.2, 0.25) is 0 Å². The van der Waals surface area contributed by atoms with E-state index in [1.807, 2.05) is 0 Å². The molecule has 1 aliphatic rings. The molecule has 12 nitrogen and oxygen atoms in total. The zero-order valence-electron chi connectivity index (χ0n) is 18.5. The normalized spacial score (nSPS) is 27.0. The van der Waals surface area contributed by atoms with Crippen molar-refractivity contribution < 1.29 is 56.5 Å². The topological polar surface area (TPSA) is 150 Å². The molecular formula is C18H29O12P. The molecule has 0 aromatic carbocycles. The Bertz CT molecular complexity index is 714. The minimum atomic E-state index is -3.98. The van der Waals surface area contributed by atoms with Gasteiger partial charge in [0, 0.05) is 41.4 Å². The van der Waals surface area contributed by atoms with E-state index in [2.05, 4.69) is 0 Å². The molecule has 0 aliphatic carbocycles. The molecular weight excluding hydrogens is 439 g/mol. The van der Waals surface area contributed by atoms with Crippen LogP contribution in [0.15, 0.2) is 0 Å². The first-order valence-electron chi connectivity index (χ1n) is 9.36. The van der Waals surface area contributed by atoms with E-state index < -0.39 is 67.7 Å². The van der Waals surface area contributed by atoms with Crippen LogP contribution in [0.3, 0.4) is 0 Å². The third-order valence-electron chi connectivity index (χ3n) is 4.59. The molecule has 0 amide bonds. The average Bonchev–Trinajstić information content (AvgIpc) is 2.69. The van der Waals surface area contributed by atoms with E-state index in [9.17, 15) is 23.7 Å². The molecule has 13 heteroatoms. The molecule has 0 aromatic rings.